The average Bonchev–Trinajstić information content (AvgIpc) is 3.08. The Balaban J connectivity index is 1.50. The van der Waals surface area contributed by atoms with Crippen molar-refractivity contribution in [2.24, 2.45) is 0 Å². The highest BCUT2D eigenvalue weighted by atomic mass is 32.2. The number of pyridine rings is 1. The Bertz CT molecular complexity index is 1710. The first-order chi connectivity index (χ1) is 21.7. The van der Waals surface area contributed by atoms with E-state index < -0.39 is 21.5 Å². The summed E-state index contributed by atoms with van der Waals surface area (Å²) < 4.78 is 31.9. The predicted molar refractivity (Wildman–Crippen MR) is 174 cm³/mol. The summed E-state index contributed by atoms with van der Waals surface area (Å²) in [5.41, 5.74) is 4.41. The summed E-state index contributed by atoms with van der Waals surface area (Å²) >= 11 is 0. The molecule has 234 valence electrons. The molecule has 0 radical (unpaired) electrons. The van der Waals surface area contributed by atoms with E-state index in [-0.39, 0.29) is 17.3 Å². The molecule has 0 fully saturated rings. The van der Waals surface area contributed by atoms with Gasteiger partial charge in [-0.2, -0.15) is 0 Å². The van der Waals surface area contributed by atoms with Gasteiger partial charge in [0.25, 0.3) is 0 Å². The molecule has 9 nitrogen and oxygen atoms in total. The summed E-state index contributed by atoms with van der Waals surface area (Å²) in [6.45, 7) is 4.44. The Morgan fingerprint density at radius 3 is 2.33 bits per heavy atom. The molecular formula is C35H38N4O5S. The number of rotatable bonds is 7. The van der Waals surface area contributed by atoms with Gasteiger partial charge in [0, 0.05) is 64.3 Å². The minimum absolute atomic E-state index is 0.0576. The predicted octanol–water partition coefficient (Wildman–Crippen LogP) is 4.82. The molecule has 45 heavy (non-hydrogen) atoms. The van der Waals surface area contributed by atoms with Gasteiger partial charge < -0.3 is 14.5 Å². The molecule has 1 aliphatic rings. The molecule has 0 aliphatic carbocycles. The van der Waals surface area contributed by atoms with Crippen LogP contribution >= 0.6 is 0 Å². The van der Waals surface area contributed by atoms with Crippen LogP contribution in [0, 0.1) is 0 Å². The van der Waals surface area contributed by atoms with E-state index >= 15 is 0 Å². The number of aromatic nitrogens is 1. The highest BCUT2D eigenvalue weighted by molar-refractivity contribution is 7.92. The largest absolute Gasteiger partial charge is 0.497 e. The van der Waals surface area contributed by atoms with Crippen LogP contribution in [0.1, 0.15) is 24.5 Å². The van der Waals surface area contributed by atoms with Crippen molar-refractivity contribution in [2.45, 2.75) is 31.3 Å². The van der Waals surface area contributed by atoms with E-state index in [0.717, 1.165) is 28.7 Å². The monoisotopic (exact) mass is 626 g/mol. The smallest absolute Gasteiger partial charge is 0.238 e. The summed E-state index contributed by atoms with van der Waals surface area (Å²) in [5.74, 6) is -0.746. The fourth-order valence-corrected chi connectivity index (χ4v) is 6.81. The molecule has 0 bridgehead atoms. The summed E-state index contributed by atoms with van der Waals surface area (Å²) in [7, 11) is -2.42. The number of fused-ring (bicyclic) bond motifs is 1. The van der Waals surface area contributed by atoms with E-state index in [0.29, 0.717) is 44.2 Å². The van der Waals surface area contributed by atoms with Crippen molar-refractivity contribution in [2.75, 3.05) is 43.9 Å². The Hall–Kier alpha value is -4.54. The quantitative estimate of drug-likeness (QED) is 0.290. The van der Waals surface area contributed by atoms with Crippen molar-refractivity contribution < 1.29 is 22.7 Å². The number of amides is 2. The second-order valence-corrected chi connectivity index (χ2v) is 13.1. The maximum atomic E-state index is 13.9. The van der Waals surface area contributed by atoms with Gasteiger partial charge in [-0.15, -0.1) is 0 Å². The lowest BCUT2D eigenvalue weighted by molar-refractivity contribution is -0.129. The van der Waals surface area contributed by atoms with Crippen LogP contribution in [0.5, 0.6) is 5.75 Å². The molecule has 3 aromatic carbocycles. The van der Waals surface area contributed by atoms with Crippen LogP contribution in [0.3, 0.4) is 0 Å². The number of hydrogen-bond acceptors (Lipinski definition) is 7. The van der Waals surface area contributed by atoms with Gasteiger partial charge in [0.2, 0.25) is 11.8 Å². The summed E-state index contributed by atoms with van der Waals surface area (Å²) in [6, 6.07) is 25.8. The normalized spacial score (nSPS) is 14.7. The van der Waals surface area contributed by atoms with Gasteiger partial charge in [-0.3, -0.25) is 19.5 Å². The van der Waals surface area contributed by atoms with E-state index in [1.54, 1.807) is 41.2 Å². The van der Waals surface area contributed by atoms with Gasteiger partial charge in [-0.05, 0) is 71.1 Å². The fraction of sp³-hybridized carbons (Fsp3) is 0.286. The van der Waals surface area contributed by atoms with Gasteiger partial charge in [-0.25, -0.2) is 8.42 Å². The van der Waals surface area contributed by atoms with Crippen LogP contribution in [0.15, 0.2) is 102 Å². The van der Waals surface area contributed by atoms with Crippen LogP contribution in [0.4, 0.5) is 5.69 Å². The van der Waals surface area contributed by atoms with Crippen molar-refractivity contribution in [3.8, 4) is 16.9 Å². The molecule has 0 unspecified atom stereocenters. The van der Waals surface area contributed by atoms with Crippen LogP contribution in [0.2, 0.25) is 0 Å². The molecule has 0 saturated carbocycles. The van der Waals surface area contributed by atoms with Crippen molar-refractivity contribution in [1.29, 1.82) is 0 Å². The van der Waals surface area contributed by atoms with Crippen molar-refractivity contribution in [3.05, 3.63) is 108 Å². The average molecular weight is 627 g/mol. The number of hydrogen-bond donors (Lipinski definition) is 0. The first-order valence-electron chi connectivity index (χ1n) is 15.0. The van der Waals surface area contributed by atoms with Gasteiger partial charge >= 0.3 is 0 Å². The number of nitrogens with zero attached hydrogens (tertiary/aromatic N) is 4. The Kier molecular flexibility index (Phi) is 10.3. The zero-order chi connectivity index (χ0) is 31.8. The molecule has 1 aliphatic heterocycles. The number of sulfone groups is 1. The SMILES string of the molecule is COc1ccc(S(=O)(=O)CC(=O)N2CCN(Cc3ccccc3)CCCN(C(C)=O)c3ccc(-c4cccnc4)cc3C2)cc1. The van der Waals surface area contributed by atoms with E-state index in [2.05, 4.69) is 22.0 Å². The van der Waals surface area contributed by atoms with Crippen LogP contribution in [0.25, 0.3) is 11.1 Å². The number of carbonyl (C=O) groups is 2. The molecule has 1 aromatic heterocycles. The molecule has 2 amide bonds. The van der Waals surface area contributed by atoms with Gasteiger partial charge in [-0.1, -0.05) is 42.5 Å². The lowest BCUT2D eigenvalue weighted by Crippen LogP contribution is -2.41. The lowest BCUT2D eigenvalue weighted by atomic mass is 10.0. The minimum atomic E-state index is -3.93. The number of benzene rings is 3. The number of carbonyl (C=O) groups excluding carboxylic acids is 2. The third-order valence-corrected chi connectivity index (χ3v) is 9.60. The second kappa shape index (κ2) is 14.5. The number of ether oxygens (including phenoxy) is 1. The van der Waals surface area contributed by atoms with Crippen molar-refractivity contribution in [3.63, 3.8) is 0 Å². The third-order valence-electron chi connectivity index (χ3n) is 7.98. The molecule has 5 rings (SSSR count). The molecule has 10 heteroatoms. The molecule has 0 atom stereocenters. The lowest BCUT2D eigenvalue weighted by Gasteiger charge is -2.28. The van der Waals surface area contributed by atoms with Crippen LogP contribution in [-0.2, 0) is 32.5 Å². The Morgan fingerprint density at radius 2 is 1.64 bits per heavy atom. The topological polar surface area (TPSA) is 100 Å². The van der Waals surface area contributed by atoms with Gasteiger partial charge in [0.05, 0.1) is 12.0 Å². The van der Waals surface area contributed by atoms with Crippen LogP contribution < -0.4 is 9.64 Å². The van der Waals surface area contributed by atoms with E-state index in [1.807, 2.05) is 48.5 Å². The van der Waals surface area contributed by atoms with E-state index in [4.69, 9.17) is 4.74 Å². The molecule has 4 aromatic rings. The molecular weight excluding hydrogens is 588 g/mol. The number of methoxy groups -OCH3 is 1. The van der Waals surface area contributed by atoms with Crippen molar-refractivity contribution >= 4 is 27.3 Å². The third kappa shape index (κ3) is 8.14. The summed E-state index contributed by atoms with van der Waals surface area (Å²) in [5, 5.41) is 0. The highest BCUT2D eigenvalue weighted by Gasteiger charge is 2.27. The van der Waals surface area contributed by atoms with Crippen LogP contribution in [-0.4, -0.2) is 74.1 Å². The zero-order valence-electron chi connectivity index (χ0n) is 25.6. The van der Waals surface area contributed by atoms with E-state index in [9.17, 15) is 18.0 Å². The maximum Gasteiger partial charge on any atom is 0.238 e. The Morgan fingerprint density at radius 1 is 0.867 bits per heavy atom. The standard InChI is InChI=1S/C35H38N4O5S/c1-27(40)39-19-7-18-37(24-28-8-4-3-5-9-28)20-21-38(35(41)26-45(42,43)33-14-12-32(44-2)13-15-33)25-31-22-29(11-16-34(31)39)30-10-6-17-36-23-30/h3-6,8-17,22-23H,7,18-21,24-26H2,1-2H3. The second-order valence-electron chi connectivity index (χ2n) is 11.1. The summed E-state index contributed by atoms with van der Waals surface area (Å²) in [6.07, 6.45) is 4.20. The van der Waals surface area contributed by atoms with Gasteiger partial charge in [0.1, 0.15) is 11.5 Å². The molecule has 0 N–H and O–H groups in total. The minimum Gasteiger partial charge on any atom is -0.497 e. The molecule has 0 saturated heterocycles. The summed E-state index contributed by atoms with van der Waals surface area (Å²) in [4.78, 5) is 36.8. The fourth-order valence-electron chi connectivity index (χ4n) is 5.58. The van der Waals surface area contributed by atoms with Crippen molar-refractivity contribution in [1.82, 2.24) is 14.8 Å². The zero-order valence-corrected chi connectivity index (χ0v) is 26.4. The first-order valence-corrected chi connectivity index (χ1v) is 16.6. The highest BCUT2D eigenvalue weighted by Crippen LogP contribution is 2.30. The van der Waals surface area contributed by atoms with Gasteiger partial charge in [0.15, 0.2) is 9.84 Å². The molecule has 2 heterocycles. The maximum absolute atomic E-state index is 13.9. The molecule has 0 spiro atoms. The van der Waals surface area contributed by atoms with E-state index in [1.165, 1.54) is 19.2 Å². The first kappa shape index (κ1) is 31.9. The Labute approximate surface area is 265 Å². The number of anilines is 1.